The Morgan fingerprint density at radius 3 is 2.50 bits per heavy atom. The third-order valence-electron chi connectivity index (χ3n) is 2.68. The minimum absolute atomic E-state index is 0.0125. The van der Waals surface area contributed by atoms with Gasteiger partial charge in [0.25, 0.3) is 0 Å². The van der Waals surface area contributed by atoms with Crippen LogP contribution in [0.1, 0.15) is 26.3 Å². The number of hydrogen-bond donors (Lipinski definition) is 2. The first-order valence-corrected chi connectivity index (χ1v) is 6.73. The predicted octanol–water partition coefficient (Wildman–Crippen LogP) is 2.02. The maximum absolute atomic E-state index is 13.4. The van der Waals surface area contributed by atoms with Gasteiger partial charge in [0.15, 0.2) is 0 Å². The van der Waals surface area contributed by atoms with Crippen molar-refractivity contribution >= 4 is 17.7 Å². The van der Waals surface area contributed by atoms with Gasteiger partial charge in [0.2, 0.25) is 0 Å². The first kappa shape index (κ1) is 17.7. The molecule has 1 aromatic carbocycles. The van der Waals surface area contributed by atoms with E-state index in [1.165, 1.54) is 19.2 Å². The summed E-state index contributed by atoms with van der Waals surface area (Å²) in [5, 5.41) is 2.42. The summed E-state index contributed by atoms with van der Waals surface area (Å²) < 4.78 is 23.2. The Morgan fingerprint density at radius 1 is 1.36 bits per heavy atom. The van der Waals surface area contributed by atoms with E-state index in [1.54, 1.807) is 26.8 Å². The van der Waals surface area contributed by atoms with Crippen molar-refractivity contribution in [2.45, 2.75) is 38.8 Å². The zero-order chi connectivity index (χ0) is 16.9. The van der Waals surface area contributed by atoms with Gasteiger partial charge < -0.3 is 20.5 Å². The topological polar surface area (TPSA) is 90.6 Å². The van der Waals surface area contributed by atoms with Gasteiger partial charge in [0, 0.05) is 6.42 Å². The molecule has 1 aromatic rings. The maximum Gasteiger partial charge on any atom is 0.408 e. The fourth-order valence-electron chi connectivity index (χ4n) is 1.72. The average molecular weight is 312 g/mol. The smallest absolute Gasteiger partial charge is 0.408 e. The van der Waals surface area contributed by atoms with Crippen LogP contribution in [0.15, 0.2) is 18.2 Å². The molecule has 0 radical (unpaired) electrons. The van der Waals surface area contributed by atoms with Crippen molar-refractivity contribution in [3.05, 3.63) is 29.6 Å². The molecule has 0 aromatic heterocycles. The zero-order valence-electron chi connectivity index (χ0n) is 13.1. The molecule has 0 saturated carbocycles. The Balaban J connectivity index is 2.82. The van der Waals surface area contributed by atoms with Crippen LogP contribution in [0.2, 0.25) is 0 Å². The third kappa shape index (κ3) is 5.59. The minimum Gasteiger partial charge on any atom is -0.467 e. The maximum atomic E-state index is 13.4. The number of benzene rings is 1. The molecule has 22 heavy (non-hydrogen) atoms. The fourth-order valence-corrected chi connectivity index (χ4v) is 1.72. The number of esters is 1. The lowest BCUT2D eigenvalue weighted by atomic mass is 10.1. The van der Waals surface area contributed by atoms with Crippen LogP contribution in [-0.2, 0) is 20.7 Å². The summed E-state index contributed by atoms with van der Waals surface area (Å²) in [5.41, 5.74) is 5.21. The van der Waals surface area contributed by atoms with E-state index in [-0.39, 0.29) is 12.1 Å². The van der Waals surface area contributed by atoms with E-state index in [9.17, 15) is 14.0 Å². The lowest BCUT2D eigenvalue weighted by Crippen LogP contribution is -2.45. The van der Waals surface area contributed by atoms with Crippen molar-refractivity contribution in [2.24, 2.45) is 0 Å². The van der Waals surface area contributed by atoms with Crippen LogP contribution in [0.4, 0.5) is 14.9 Å². The van der Waals surface area contributed by atoms with E-state index in [0.717, 1.165) is 0 Å². The molecule has 0 aliphatic carbocycles. The quantitative estimate of drug-likeness (QED) is 0.655. The summed E-state index contributed by atoms with van der Waals surface area (Å²) in [6.07, 6.45) is -0.692. The molecule has 0 spiro atoms. The first-order valence-electron chi connectivity index (χ1n) is 6.73. The summed E-state index contributed by atoms with van der Waals surface area (Å²) in [6.45, 7) is 5.11. The number of nitrogen functional groups attached to an aromatic ring is 1. The van der Waals surface area contributed by atoms with Crippen LogP contribution in [0, 0.1) is 5.82 Å². The van der Waals surface area contributed by atoms with Crippen LogP contribution in [0.3, 0.4) is 0 Å². The van der Waals surface area contributed by atoms with Gasteiger partial charge in [-0.25, -0.2) is 14.0 Å². The molecule has 0 unspecified atom stereocenters. The largest absolute Gasteiger partial charge is 0.467 e. The minimum atomic E-state index is -0.983. The molecule has 0 fully saturated rings. The highest BCUT2D eigenvalue weighted by Gasteiger charge is 2.25. The number of halogens is 1. The Morgan fingerprint density at radius 2 is 2.00 bits per heavy atom. The molecule has 0 bridgehead atoms. The molecule has 0 heterocycles. The zero-order valence-corrected chi connectivity index (χ0v) is 13.1. The standard InChI is InChI=1S/C15H21FN2O4/c1-15(2,3)22-14(20)18-12(13(19)21-4)8-9-5-6-11(17)10(16)7-9/h5-7,12H,8,17H2,1-4H3,(H,18,20)/t12-/m1/s1. The Hall–Kier alpha value is -2.31. The molecular weight excluding hydrogens is 291 g/mol. The normalized spacial score (nSPS) is 12.4. The van der Waals surface area contributed by atoms with Crippen LogP contribution < -0.4 is 11.1 Å². The van der Waals surface area contributed by atoms with Gasteiger partial charge in [-0.2, -0.15) is 0 Å². The Kier molecular flexibility index (Phi) is 5.73. The Bertz CT molecular complexity index is 555. The molecular formula is C15H21FN2O4. The summed E-state index contributed by atoms with van der Waals surface area (Å²) >= 11 is 0. The van der Waals surface area contributed by atoms with Crippen molar-refractivity contribution in [1.29, 1.82) is 0 Å². The number of methoxy groups -OCH3 is 1. The van der Waals surface area contributed by atoms with Crippen molar-refractivity contribution in [3.8, 4) is 0 Å². The van der Waals surface area contributed by atoms with E-state index in [0.29, 0.717) is 5.56 Å². The lowest BCUT2D eigenvalue weighted by molar-refractivity contribution is -0.143. The second-order valence-electron chi connectivity index (χ2n) is 5.78. The van der Waals surface area contributed by atoms with E-state index >= 15 is 0 Å². The lowest BCUT2D eigenvalue weighted by Gasteiger charge is -2.22. The second-order valence-corrected chi connectivity index (χ2v) is 5.78. The number of nitrogens with one attached hydrogen (secondary N) is 1. The molecule has 7 heteroatoms. The summed E-state index contributed by atoms with van der Waals surface area (Å²) in [7, 11) is 1.20. The highest BCUT2D eigenvalue weighted by molar-refractivity contribution is 5.81. The number of alkyl carbamates (subject to hydrolysis) is 1. The number of rotatable bonds is 4. The fraction of sp³-hybridized carbons (Fsp3) is 0.467. The van der Waals surface area contributed by atoms with Gasteiger partial charge in [0.05, 0.1) is 12.8 Å². The molecule has 122 valence electrons. The molecule has 1 amide bonds. The van der Waals surface area contributed by atoms with Crippen LogP contribution in [0.5, 0.6) is 0 Å². The van der Waals surface area contributed by atoms with Gasteiger partial charge in [-0.3, -0.25) is 0 Å². The number of carbonyl (C=O) groups excluding carboxylic acids is 2. The average Bonchev–Trinajstić information content (AvgIpc) is 2.39. The number of amides is 1. The SMILES string of the molecule is COC(=O)[C@@H](Cc1ccc(N)c(F)c1)NC(=O)OC(C)(C)C. The molecule has 1 rings (SSSR count). The summed E-state index contributed by atoms with van der Waals surface area (Å²) in [5.74, 6) is -1.23. The summed E-state index contributed by atoms with van der Waals surface area (Å²) in [6, 6.07) is 3.20. The van der Waals surface area contributed by atoms with Crippen LogP contribution >= 0.6 is 0 Å². The van der Waals surface area contributed by atoms with Gasteiger partial charge in [-0.15, -0.1) is 0 Å². The van der Waals surface area contributed by atoms with E-state index in [1.807, 2.05) is 0 Å². The highest BCUT2D eigenvalue weighted by atomic mass is 19.1. The second kappa shape index (κ2) is 7.11. The van der Waals surface area contributed by atoms with Gasteiger partial charge in [-0.05, 0) is 38.5 Å². The summed E-state index contributed by atoms with van der Waals surface area (Å²) in [4.78, 5) is 23.5. The van der Waals surface area contributed by atoms with Gasteiger partial charge in [0.1, 0.15) is 17.5 Å². The molecule has 1 atom stereocenters. The molecule has 0 aliphatic heterocycles. The highest BCUT2D eigenvalue weighted by Crippen LogP contribution is 2.14. The van der Waals surface area contributed by atoms with Crippen LogP contribution in [0.25, 0.3) is 0 Å². The number of nitrogens with two attached hydrogens (primary N) is 1. The number of hydrogen-bond acceptors (Lipinski definition) is 5. The van der Waals surface area contributed by atoms with E-state index in [2.05, 4.69) is 10.1 Å². The third-order valence-corrected chi connectivity index (χ3v) is 2.68. The van der Waals surface area contributed by atoms with E-state index < -0.39 is 29.5 Å². The first-order chi connectivity index (χ1) is 10.1. The van der Waals surface area contributed by atoms with Crippen molar-refractivity contribution in [3.63, 3.8) is 0 Å². The number of anilines is 1. The Labute approximate surface area is 128 Å². The van der Waals surface area contributed by atoms with Gasteiger partial charge in [-0.1, -0.05) is 6.07 Å². The molecule has 6 nitrogen and oxygen atoms in total. The number of carbonyl (C=O) groups is 2. The van der Waals surface area contributed by atoms with Crippen LogP contribution in [-0.4, -0.2) is 30.8 Å². The van der Waals surface area contributed by atoms with Gasteiger partial charge >= 0.3 is 12.1 Å². The van der Waals surface area contributed by atoms with Crippen molar-refractivity contribution in [1.82, 2.24) is 5.32 Å². The monoisotopic (exact) mass is 312 g/mol. The number of ether oxygens (including phenoxy) is 2. The molecule has 0 saturated heterocycles. The van der Waals surface area contributed by atoms with E-state index in [4.69, 9.17) is 10.5 Å². The molecule has 3 N–H and O–H groups in total. The molecule has 0 aliphatic rings. The predicted molar refractivity (Wildman–Crippen MR) is 79.7 cm³/mol. The van der Waals surface area contributed by atoms with Crippen molar-refractivity contribution < 1.29 is 23.5 Å². The van der Waals surface area contributed by atoms with Crippen molar-refractivity contribution in [2.75, 3.05) is 12.8 Å².